The van der Waals surface area contributed by atoms with Gasteiger partial charge in [-0.3, -0.25) is 14.5 Å². The summed E-state index contributed by atoms with van der Waals surface area (Å²) in [6.45, 7) is 3.11. The number of aromatic nitrogens is 3. The van der Waals surface area contributed by atoms with Crippen LogP contribution >= 0.6 is 0 Å². The van der Waals surface area contributed by atoms with E-state index < -0.39 is 0 Å². The van der Waals surface area contributed by atoms with Gasteiger partial charge in [-0.2, -0.15) is 5.10 Å². The normalized spacial score (nSPS) is 10.5. The predicted octanol–water partition coefficient (Wildman–Crippen LogP) is 2.82. The van der Waals surface area contributed by atoms with Crippen molar-refractivity contribution in [3.8, 4) is 0 Å². The third-order valence-corrected chi connectivity index (χ3v) is 3.86. The molecule has 2 heterocycles. The van der Waals surface area contributed by atoms with Crippen LogP contribution in [0.25, 0.3) is 0 Å². The van der Waals surface area contributed by atoms with Gasteiger partial charge in [0.25, 0.3) is 5.91 Å². The third-order valence-electron chi connectivity index (χ3n) is 3.86. The number of carbonyl (C=O) groups excluding carboxylic acids is 1. The monoisotopic (exact) mass is 320 g/mol. The van der Waals surface area contributed by atoms with Crippen molar-refractivity contribution in [3.05, 3.63) is 83.4 Å². The largest absolute Gasteiger partial charge is 0.346 e. The van der Waals surface area contributed by atoms with E-state index in [9.17, 15) is 4.79 Å². The highest BCUT2D eigenvalue weighted by Crippen LogP contribution is 2.12. The first-order chi connectivity index (χ1) is 11.8. The summed E-state index contributed by atoms with van der Waals surface area (Å²) >= 11 is 0. The molecule has 0 bridgehead atoms. The second kappa shape index (κ2) is 7.55. The lowest BCUT2D eigenvalue weighted by Gasteiger charge is -2.08. The summed E-state index contributed by atoms with van der Waals surface area (Å²) in [4.78, 5) is 16.7. The van der Waals surface area contributed by atoms with Crippen molar-refractivity contribution in [1.29, 1.82) is 0 Å². The first-order valence-corrected chi connectivity index (χ1v) is 8.04. The van der Waals surface area contributed by atoms with Gasteiger partial charge in [0.15, 0.2) is 0 Å². The van der Waals surface area contributed by atoms with E-state index in [0.29, 0.717) is 18.7 Å². The Morgan fingerprint density at radius 3 is 2.62 bits per heavy atom. The zero-order valence-electron chi connectivity index (χ0n) is 13.6. The molecule has 1 N–H and O–H groups in total. The Bertz CT molecular complexity index is 797. The van der Waals surface area contributed by atoms with Crippen LogP contribution in [0.3, 0.4) is 0 Å². The van der Waals surface area contributed by atoms with Gasteiger partial charge in [0.2, 0.25) is 0 Å². The Morgan fingerprint density at radius 1 is 1.12 bits per heavy atom. The van der Waals surface area contributed by atoms with Gasteiger partial charge >= 0.3 is 0 Å². The lowest BCUT2D eigenvalue weighted by atomic mass is 10.1. The van der Waals surface area contributed by atoms with Crippen LogP contribution in [0.1, 0.15) is 34.2 Å². The molecule has 0 aliphatic heterocycles. The fourth-order valence-electron chi connectivity index (χ4n) is 2.63. The molecule has 0 aliphatic rings. The summed E-state index contributed by atoms with van der Waals surface area (Å²) < 4.78 is 1.89. The molecule has 24 heavy (non-hydrogen) atoms. The number of amides is 1. The minimum atomic E-state index is -0.114. The van der Waals surface area contributed by atoms with Gasteiger partial charge in [-0.1, -0.05) is 43.3 Å². The van der Waals surface area contributed by atoms with Crippen molar-refractivity contribution in [3.63, 3.8) is 0 Å². The molecule has 0 spiro atoms. The van der Waals surface area contributed by atoms with Crippen LogP contribution in [0.5, 0.6) is 0 Å². The second-order valence-corrected chi connectivity index (χ2v) is 5.51. The van der Waals surface area contributed by atoms with Crippen molar-refractivity contribution in [2.45, 2.75) is 26.4 Å². The van der Waals surface area contributed by atoms with Crippen LogP contribution in [0.2, 0.25) is 0 Å². The second-order valence-electron chi connectivity index (χ2n) is 5.51. The summed E-state index contributed by atoms with van der Waals surface area (Å²) in [6.07, 6.45) is 4.12. The number of rotatable bonds is 6. The van der Waals surface area contributed by atoms with Gasteiger partial charge in [-0.15, -0.1) is 0 Å². The number of pyridine rings is 1. The fourth-order valence-corrected chi connectivity index (χ4v) is 2.63. The van der Waals surface area contributed by atoms with Crippen molar-refractivity contribution in [2.24, 2.45) is 0 Å². The van der Waals surface area contributed by atoms with E-state index in [0.717, 1.165) is 23.4 Å². The van der Waals surface area contributed by atoms with Crippen molar-refractivity contribution in [1.82, 2.24) is 20.1 Å². The van der Waals surface area contributed by atoms with Crippen molar-refractivity contribution >= 4 is 5.91 Å². The molecule has 5 heteroatoms. The number of nitrogens with one attached hydrogen (secondary N) is 1. The van der Waals surface area contributed by atoms with Crippen molar-refractivity contribution < 1.29 is 4.79 Å². The summed E-state index contributed by atoms with van der Waals surface area (Å²) in [6, 6.07) is 15.8. The number of carbonyl (C=O) groups is 1. The van der Waals surface area contributed by atoms with E-state index in [2.05, 4.69) is 27.5 Å². The average molecular weight is 320 g/mol. The number of nitrogens with zero attached hydrogens (tertiary/aromatic N) is 3. The quantitative estimate of drug-likeness (QED) is 0.760. The van der Waals surface area contributed by atoms with Gasteiger partial charge < -0.3 is 5.32 Å². The van der Waals surface area contributed by atoms with Crippen LogP contribution in [0.15, 0.2) is 60.9 Å². The van der Waals surface area contributed by atoms with Crippen LogP contribution in [-0.2, 0) is 19.5 Å². The lowest BCUT2D eigenvalue weighted by Crippen LogP contribution is -2.24. The molecule has 2 aromatic heterocycles. The highest BCUT2D eigenvalue weighted by Gasteiger charge is 2.16. The highest BCUT2D eigenvalue weighted by atomic mass is 16.1. The summed E-state index contributed by atoms with van der Waals surface area (Å²) in [7, 11) is 0. The molecule has 1 aromatic carbocycles. The predicted molar refractivity (Wildman–Crippen MR) is 92.6 cm³/mol. The van der Waals surface area contributed by atoms with Crippen molar-refractivity contribution in [2.75, 3.05) is 0 Å². The minimum absolute atomic E-state index is 0.114. The average Bonchev–Trinajstić information content (AvgIpc) is 3.04. The van der Waals surface area contributed by atoms with Gasteiger partial charge in [-0.05, 0) is 24.1 Å². The number of hydrogen-bond acceptors (Lipinski definition) is 3. The minimum Gasteiger partial charge on any atom is -0.346 e. The SMILES string of the molecule is CCc1c(C(=O)NCc2ccccn2)cnn1Cc1ccccc1. The Labute approximate surface area is 141 Å². The maximum absolute atomic E-state index is 12.5. The Hall–Kier alpha value is -2.95. The molecule has 0 aliphatic carbocycles. The molecule has 122 valence electrons. The maximum Gasteiger partial charge on any atom is 0.255 e. The van der Waals surface area contributed by atoms with Gasteiger partial charge in [-0.25, -0.2) is 0 Å². The van der Waals surface area contributed by atoms with Gasteiger partial charge in [0, 0.05) is 6.20 Å². The Kier molecular flexibility index (Phi) is 5.01. The molecule has 3 aromatic rings. The molecular weight excluding hydrogens is 300 g/mol. The molecule has 0 unspecified atom stereocenters. The first-order valence-electron chi connectivity index (χ1n) is 8.04. The van der Waals surface area contributed by atoms with E-state index in [4.69, 9.17) is 0 Å². The molecule has 1 amide bonds. The van der Waals surface area contributed by atoms with Crippen LogP contribution < -0.4 is 5.32 Å². The smallest absolute Gasteiger partial charge is 0.255 e. The Morgan fingerprint density at radius 2 is 1.92 bits per heavy atom. The highest BCUT2D eigenvalue weighted by molar-refractivity contribution is 5.95. The van der Waals surface area contributed by atoms with E-state index >= 15 is 0 Å². The molecule has 0 saturated carbocycles. The molecule has 5 nitrogen and oxygen atoms in total. The summed E-state index contributed by atoms with van der Waals surface area (Å²) in [5.74, 6) is -0.114. The first kappa shape index (κ1) is 15.9. The lowest BCUT2D eigenvalue weighted by molar-refractivity contribution is 0.0949. The Balaban J connectivity index is 1.72. The molecule has 0 atom stereocenters. The molecule has 3 rings (SSSR count). The zero-order valence-corrected chi connectivity index (χ0v) is 13.6. The maximum atomic E-state index is 12.5. The van der Waals surface area contributed by atoms with Gasteiger partial charge in [0.1, 0.15) is 0 Å². The van der Waals surface area contributed by atoms with E-state index in [1.54, 1.807) is 12.4 Å². The topological polar surface area (TPSA) is 59.8 Å². The van der Waals surface area contributed by atoms with Gasteiger partial charge in [0.05, 0.1) is 36.2 Å². The van der Waals surface area contributed by atoms with Crippen LogP contribution in [-0.4, -0.2) is 20.7 Å². The third kappa shape index (κ3) is 3.68. The molecule has 0 saturated heterocycles. The summed E-state index contributed by atoms with van der Waals surface area (Å²) in [5.41, 5.74) is 3.57. The number of benzene rings is 1. The van der Waals surface area contributed by atoms with E-state index in [-0.39, 0.29) is 5.91 Å². The van der Waals surface area contributed by atoms with E-state index in [1.165, 1.54) is 0 Å². The zero-order chi connectivity index (χ0) is 16.8. The number of hydrogen-bond donors (Lipinski definition) is 1. The molecular formula is C19H20N4O. The molecule has 0 fully saturated rings. The fraction of sp³-hybridized carbons (Fsp3) is 0.211. The summed E-state index contributed by atoms with van der Waals surface area (Å²) in [5, 5.41) is 7.31. The standard InChI is InChI=1S/C19H20N4O/c1-2-18-17(19(24)21-12-16-10-6-7-11-20-16)13-22-23(18)14-15-8-4-3-5-9-15/h3-11,13H,2,12,14H2,1H3,(H,21,24). The molecule has 0 radical (unpaired) electrons. The van der Waals surface area contributed by atoms with E-state index in [1.807, 2.05) is 48.0 Å². The van der Waals surface area contributed by atoms with Crippen LogP contribution in [0, 0.1) is 0 Å². The van der Waals surface area contributed by atoms with Crippen LogP contribution in [0.4, 0.5) is 0 Å².